The first-order valence-electron chi connectivity index (χ1n) is 9.24. The van der Waals surface area contributed by atoms with Crippen LogP contribution in [0.2, 0.25) is 0 Å². The van der Waals surface area contributed by atoms with Gasteiger partial charge in [-0.15, -0.1) is 0 Å². The highest BCUT2D eigenvalue weighted by atomic mass is 19.1. The molecule has 1 aliphatic rings. The lowest BCUT2D eigenvalue weighted by atomic mass is 10.0. The first-order chi connectivity index (χ1) is 13.5. The van der Waals surface area contributed by atoms with Crippen LogP contribution in [-0.4, -0.2) is 12.5 Å². The molecular formula is C22H20FNO4. The number of amides is 1. The third-order valence-corrected chi connectivity index (χ3v) is 4.94. The number of hydrogen-bond acceptors (Lipinski definition) is 4. The summed E-state index contributed by atoms with van der Waals surface area (Å²) >= 11 is 0. The van der Waals surface area contributed by atoms with Crippen LogP contribution >= 0.6 is 0 Å². The third-order valence-electron chi connectivity index (χ3n) is 4.94. The van der Waals surface area contributed by atoms with Crippen molar-refractivity contribution in [2.45, 2.75) is 32.7 Å². The summed E-state index contributed by atoms with van der Waals surface area (Å²) in [6.45, 7) is 2.02. The van der Waals surface area contributed by atoms with Gasteiger partial charge in [-0.2, -0.15) is 0 Å². The molecule has 28 heavy (non-hydrogen) atoms. The van der Waals surface area contributed by atoms with Crippen molar-refractivity contribution in [3.05, 3.63) is 74.9 Å². The van der Waals surface area contributed by atoms with E-state index in [-0.39, 0.29) is 24.0 Å². The van der Waals surface area contributed by atoms with Crippen LogP contribution in [0.4, 0.5) is 4.39 Å². The second-order valence-electron chi connectivity index (χ2n) is 7.03. The van der Waals surface area contributed by atoms with E-state index in [9.17, 15) is 14.0 Å². The van der Waals surface area contributed by atoms with Crippen LogP contribution in [0.1, 0.15) is 28.7 Å². The largest absolute Gasteiger partial charge is 0.483 e. The fourth-order valence-corrected chi connectivity index (χ4v) is 3.62. The summed E-state index contributed by atoms with van der Waals surface area (Å²) in [5.74, 6) is -0.0502. The topological polar surface area (TPSA) is 68.5 Å². The minimum Gasteiger partial charge on any atom is -0.483 e. The molecule has 3 aromatic rings. The number of ether oxygens (including phenoxy) is 1. The molecule has 5 nitrogen and oxygen atoms in total. The average Bonchev–Trinajstić information content (AvgIpc) is 3.15. The second kappa shape index (κ2) is 7.46. The van der Waals surface area contributed by atoms with Gasteiger partial charge < -0.3 is 14.5 Å². The standard InChI is InChI=1S/C22H20FNO4/c1-13-9-18(21-16-3-2-4-17(16)22(26)28-19(21)10-13)27-12-20(25)24-11-14-5-7-15(23)8-6-14/h5-10H,2-4,11-12H2,1H3,(H,24,25). The number of rotatable bonds is 5. The van der Waals surface area contributed by atoms with Gasteiger partial charge >= 0.3 is 5.63 Å². The molecule has 6 heteroatoms. The molecule has 0 unspecified atom stereocenters. The Bertz CT molecular complexity index is 1100. The maximum absolute atomic E-state index is 12.9. The Labute approximate surface area is 161 Å². The Morgan fingerprint density at radius 2 is 1.93 bits per heavy atom. The van der Waals surface area contributed by atoms with Gasteiger partial charge in [0.2, 0.25) is 0 Å². The van der Waals surface area contributed by atoms with Crippen LogP contribution in [-0.2, 0) is 24.2 Å². The van der Waals surface area contributed by atoms with Crippen molar-refractivity contribution in [3.8, 4) is 5.75 Å². The molecule has 0 fully saturated rings. The normalized spacial score (nSPS) is 12.8. The molecule has 2 aromatic carbocycles. The number of nitrogens with one attached hydrogen (secondary N) is 1. The highest BCUT2D eigenvalue weighted by Crippen LogP contribution is 2.35. The fourth-order valence-electron chi connectivity index (χ4n) is 3.62. The average molecular weight is 381 g/mol. The SMILES string of the molecule is Cc1cc(OCC(=O)NCc2ccc(F)cc2)c2c3c(c(=O)oc2c1)CCC3. The van der Waals surface area contributed by atoms with Crippen molar-refractivity contribution >= 4 is 16.9 Å². The van der Waals surface area contributed by atoms with Gasteiger partial charge in [0, 0.05) is 12.1 Å². The maximum Gasteiger partial charge on any atom is 0.339 e. The van der Waals surface area contributed by atoms with Crippen molar-refractivity contribution in [1.29, 1.82) is 0 Å². The summed E-state index contributed by atoms with van der Waals surface area (Å²) in [5.41, 5.74) is 3.57. The molecule has 1 amide bonds. The Balaban J connectivity index is 1.51. The molecule has 0 saturated carbocycles. The molecule has 1 N–H and O–H groups in total. The van der Waals surface area contributed by atoms with Gasteiger partial charge in [-0.05, 0) is 67.1 Å². The van der Waals surface area contributed by atoms with E-state index < -0.39 is 0 Å². The zero-order valence-corrected chi connectivity index (χ0v) is 15.5. The van der Waals surface area contributed by atoms with E-state index in [1.54, 1.807) is 12.1 Å². The monoisotopic (exact) mass is 381 g/mol. The lowest BCUT2D eigenvalue weighted by Crippen LogP contribution is -2.28. The van der Waals surface area contributed by atoms with Crippen molar-refractivity contribution in [3.63, 3.8) is 0 Å². The van der Waals surface area contributed by atoms with Crippen LogP contribution in [0.15, 0.2) is 45.6 Å². The van der Waals surface area contributed by atoms with E-state index in [0.29, 0.717) is 29.9 Å². The van der Waals surface area contributed by atoms with E-state index in [1.807, 2.05) is 19.1 Å². The predicted molar refractivity (Wildman–Crippen MR) is 103 cm³/mol. The van der Waals surface area contributed by atoms with Gasteiger partial charge in [0.1, 0.15) is 17.1 Å². The van der Waals surface area contributed by atoms with Crippen LogP contribution in [0.3, 0.4) is 0 Å². The Hall–Kier alpha value is -3.15. The lowest BCUT2D eigenvalue weighted by Gasteiger charge is -2.13. The molecule has 0 spiro atoms. The van der Waals surface area contributed by atoms with E-state index in [1.165, 1.54) is 12.1 Å². The summed E-state index contributed by atoms with van der Waals surface area (Å²) in [6.07, 6.45) is 2.41. The Morgan fingerprint density at radius 1 is 1.18 bits per heavy atom. The van der Waals surface area contributed by atoms with Gasteiger partial charge in [0.25, 0.3) is 5.91 Å². The van der Waals surface area contributed by atoms with Crippen LogP contribution in [0.5, 0.6) is 5.75 Å². The van der Waals surface area contributed by atoms with E-state index in [4.69, 9.17) is 9.15 Å². The highest BCUT2D eigenvalue weighted by molar-refractivity contribution is 5.89. The smallest absolute Gasteiger partial charge is 0.339 e. The Morgan fingerprint density at radius 3 is 2.71 bits per heavy atom. The minimum absolute atomic E-state index is 0.159. The third kappa shape index (κ3) is 3.63. The van der Waals surface area contributed by atoms with E-state index in [0.717, 1.165) is 34.9 Å². The molecule has 0 bridgehead atoms. The zero-order valence-electron chi connectivity index (χ0n) is 15.5. The number of carbonyl (C=O) groups is 1. The van der Waals surface area contributed by atoms with Crippen LogP contribution < -0.4 is 15.7 Å². The number of carbonyl (C=O) groups excluding carboxylic acids is 1. The molecule has 144 valence electrons. The molecular weight excluding hydrogens is 361 g/mol. The number of aryl methyl sites for hydroxylation is 2. The van der Waals surface area contributed by atoms with E-state index in [2.05, 4.69) is 5.32 Å². The number of hydrogen-bond donors (Lipinski definition) is 1. The van der Waals surface area contributed by atoms with Crippen LogP contribution in [0.25, 0.3) is 11.0 Å². The summed E-state index contributed by atoms with van der Waals surface area (Å²) < 4.78 is 24.2. The number of fused-ring (bicyclic) bond motifs is 3. The summed E-state index contributed by atoms with van der Waals surface area (Å²) in [4.78, 5) is 24.3. The van der Waals surface area contributed by atoms with Crippen molar-refractivity contribution in [2.75, 3.05) is 6.61 Å². The molecule has 1 aliphatic carbocycles. The highest BCUT2D eigenvalue weighted by Gasteiger charge is 2.22. The zero-order chi connectivity index (χ0) is 19.7. The number of benzene rings is 2. The summed E-state index contributed by atoms with van der Waals surface area (Å²) in [6, 6.07) is 9.62. The van der Waals surface area contributed by atoms with Gasteiger partial charge in [0.05, 0.1) is 5.39 Å². The van der Waals surface area contributed by atoms with Crippen molar-refractivity contribution < 1.29 is 18.3 Å². The quantitative estimate of drug-likeness (QED) is 0.688. The molecule has 0 aliphatic heterocycles. The Kier molecular flexibility index (Phi) is 4.86. The van der Waals surface area contributed by atoms with E-state index >= 15 is 0 Å². The maximum atomic E-state index is 12.9. The summed E-state index contributed by atoms with van der Waals surface area (Å²) in [5, 5.41) is 3.53. The van der Waals surface area contributed by atoms with Gasteiger partial charge in [-0.1, -0.05) is 12.1 Å². The molecule has 0 saturated heterocycles. The van der Waals surface area contributed by atoms with Crippen molar-refractivity contribution in [1.82, 2.24) is 5.32 Å². The fraction of sp³-hybridized carbons (Fsp3) is 0.273. The predicted octanol–water partition coefficient (Wildman–Crippen LogP) is 3.42. The van der Waals surface area contributed by atoms with Gasteiger partial charge in [-0.3, -0.25) is 4.79 Å². The van der Waals surface area contributed by atoms with Gasteiger partial charge in [-0.25, -0.2) is 9.18 Å². The second-order valence-corrected chi connectivity index (χ2v) is 7.03. The molecule has 1 heterocycles. The molecule has 0 atom stereocenters. The molecule has 4 rings (SSSR count). The van der Waals surface area contributed by atoms with Crippen molar-refractivity contribution in [2.24, 2.45) is 0 Å². The molecule has 0 radical (unpaired) electrons. The first-order valence-corrected chi connectivity index (χ1v) is 9.24. The first kappa shape index (κ1) is 18.2. The summed E-state index contributed by atoms with van der Waals surface area (Å²) in [7, 11) is 0. The minimum atomic E-state index is -0.316. The van der Waals surface area contributed by atoms with Gasteiger partial charge in [0.15, 0.2) is 6.61 Å². The molecule has 1 aromatic heterocycles. The number of halogens is 1. The lowest BCUT2D eigenvalue weighted by molar-refractivity contribution is -0.123. The van der Waals surface area contributed by atoms with Crippen LogP contribution in [0, 0.1) is 12.7 Å².